The van der Waals surface area contributed by atoms with Crippen LogP contribution in [-0.2, 0) is 4.79 Å². The van der Waals surface area contributed by atoms with E-state index in [4.69, 9.17) is 19.4 Å². The fraction of sp³-hybridized carbons (Fsp3) is 0.480. The van der Waals surface area contributed by atoms with Crippen molar-refractivity contribution < 1.29 is 23.9 Å². The Kier molecular flexibility index (Phi) is 27.0. The third-order valence-electron chi connectivity index (χ3n) is 2.92. The van der Waals surface area contributed by atoms with Gasteiger partial charge in [-0.25, -0.2) is 4.79 Å². The van der Waals surface area contributed by atoms with Gasteiger partial charge in [-0.05, 0) is 56.7 Å². The van der Waals surface area contributed by atoms with Crippen LogP contribution in [0.15, 0.2) is 38.3 Å². The summed E-state index contributed by atoms with van der Waals surface area (Å²) >= 11 is 3.14. The van der Waals surface area contributed by atoms with E-state index in [-0.39, 0.29) is 12.6 Å². The van der Waals surface area contributed by atoms with E-state index in [1.807, 2.05) is 98.2 Å². The van der Waals surface area contributed by atoms with E-state index >= 15 is 0 Å². The Balaban J connectivity index is -0.000000452. The zero-order valence-corrected chi connectivity index (χ0v) is 24.2. The van der Waals surface area contributed by atoms with Crippen LogP contribution < -0.4 is 15.2 Å². The van der Waals surface area contributed by atoms with E-state index in [0.717, 1.165) is 17.2 Å². The summed E-state index contributed by atoms with van der Waals surface area (Å²) < 4.78 is 15.4. The Labute approximate surface area is 217 Å². The van der Waals surface area contributed by atoms with Gasteiger partial charge in [0.05, 0.1) is 17.6 Å². The Morgan fingerprint density at radius 2 is 1.63 bits per heavy atom. The van der Waals surface area contributed by atoms with Crippen molar-refractivity contribution in [1.29, 1.82) is 0 Å². The summed E-state index contributed by atoms with van der Waals surface area (Å²) in [6.07, 6.45) is 4.17. The number of thiophene rings is 2. The van der Waals surface area contributed by atoms with Crippen LogP contribution >= 0.6 is 22.7 Å². The molecule has 35 heavy (non-hydrogen) atoms. The number of hydrogen-bond acceptors (Lipinski definition) is 8. The molecule has 3 aromatic heterocycles. The number of nitrogens with zero attached hydrogens (tertiary/aromatic N) is 1. The van der Waals surface area contributed by atoms with Crippen LogP contribution in [0, 0.1) is 0 Å². The van der Waals surface area contributed by atoms with Gasteiger partial charge in [0.1, 0.15) is 16.4 Å². The Morgan fingerprint density at radius 1 is 1.09 bits per heavy atom. The minimum Gasteiger partial charge on any atom is -0.492 e. The number of aromatic amines is 1. The van der Waals surface area contributed by atoms with Crippen LogP contribution in [0.1, 0.15) is 74.1 Å². The highest BCUT2D eigenvalue weighted by atomic mass is 32.1. The normalized spacial score (nSPS) is 8.89. The second kappa shape index (κ2) is 25.8. The Hall–Kier alpha value is -2.85. The lowest BCUT2D eigenvalue weighted by atomic mass is 10.4. The van der Waals surface area contributed by atoms with Gasteiger partial charge in [-0.1, -0.05) is 52.8 Å². The van der Waals surface area contributed by atoms with Crippen LogP contribution in [0.2, 0.25) is 0 Å². The van der Waals surface area contributed by atoms with E-state index in [1.54, 1.807) is 11.3 Å². The number of carboxylic acid groups (broad SMARTS) is 1. The number of hydrogen-bond donors (Lipinski definition) is 2. The molecule has 0 fully saturated rings. The van der Waals surface area contributed by atoms with Gasteiger partial charge >= 0.3 is 5.76 Å². The zero-order valence-electron chi connectivity index (χ0n) is 22.6. The van der Waals surface area contributed by atoms with E-state index < -0.39 is 5.76 Å². The van der Waals surface area contributed by atoms with Crippen LogP contribution in [0.25, 0.3) is 16.8 Å². The number of ether oxygens (including phenoxy) is 2. The molecule has 0 amide bonds. The van der Waals surface area contributed by atoms with Gasteiger partial charge in [0.25, 0.3) is 6.47 Å². The van der Waals surface area contributed by atoms with E-state index in [2.05, 4.69) is 20.7 Å². The molecule has 3 rings (SSSR count). The molecule has 3 heterocycles. The van der Waals surface area contributed by atoms with Crippen molar-refractivity contribution in [2.24, 2.45) is 0 Å². The molecule has 200 valence electrons. The molecule has 0 aliphatic rings. The molecule has 0 unspecified atom stereocenters. The third kappa shape index (κ3) is 16.4. The van der Waals surface area contributed by atoms with Crippen molar-refractivity contribution in [2.45, 2.75) is 75.3 Å². The Morgan fingerprint density at radius 3 is 2.09 bits per heavy atom. The van der Waals surface area contributed by atoms with E-state index in [1.165, 1.54) is 16.2 Å². The lowest BCUT2D eigenvalue weighted by Gasteiger charge is -2.08. The minimum absolute atomic E-state index is 0.0805. The van der Waals surface area contributed by atoms with Gasteiger partial charge in [-0.2, -0.15) is 0 Å². The monoisotopic (exact) mass is 530 g/mol. The summed E-state index contributed by atoms with van der Waals surface area (Å²) in [7, 11) is 0. The average Bonchev–Trinajstić information content (AvgIpc) is 3.61. The molecule has 2 N–H and O–H groups in total. The van der Waals surface area contributed by atoms with Gasteiger partial charge in [-0.3, -0.25) is 14.3 Å². The maximum atomic E-state index is 10.8. The molecule has 0 spiro atoms. The smallest absolute Gasteiger partial charge is 0.439 e. The van der Waals surface area contributed by atoms with Gasteiger partial charge in [0.2, 0.25) is 0 Å². The maximum absolute atomic E-state index is 10.8. The van der Waals surface area contributed by atoms with Crippen molar-refractivity contribution in [2.75, 3.05) is 6.61 Å². The highest BCUT2D eigenvalue weighted by Crippen LogP contribution is 2.33. The first-order valence-corrected chi connectivity index (χ1v) is 13.4. The van der Waals surface area contributed by atoms with Gasteiger partial charge in [-0.15, -0.1) is 22.7 Å². The topological polar surface area (TPSA) is 115 Å². The average molecular weight is 531 g/mol. The van der Waals surface area contributed by atoms with Crippen LogP contribution in [0.5, 0.6) is 11.5 Å². The zero-order chi connectivity index (χ0) is 27.6. The molecule has 10 heteroatoms. The maximum Gasteiger partial charge on any atom is 0.439 e. The molecule has 8 nitrogen and oxygen atoms in total. The molecule has 0 bridgehead atoms. The first kappa shape index (κ1) is 36.7. The number of allylic oxidation sites excluding steroid dienone is 1. The highest BCUT2D eigenvalue weighted by Gasteiger charge is 2.13. The minimum atomic E-state index is -0.561. The molecule has 0 saturated carbocycles. The molecule has 0 aliphatic carbocycles. The predicted octanol–water partition coefficient (Wildman–Crippen LogP) is 7.84. The van der Waals surface area contributed by atoms with Crippen molar-refractivity contribution >= 4 is 35.2 Å². The van der Waals surface area contributed by atoms with Crippen molar-refractivity contribution in [1.82, 2.24) is 10.1 Å². The molecule has 0 atom stereocenters. The van der Waals surface area contributed by atoms with Crippen molar-refractivity contribution in [3.63, 3.8) is 0 Å². The molecular formula is C25H42N2O6S2. The summed E-state index contributed by atoms with van der Waals surface area (Å²) in [5.74, 6) is 1.55. The molecule has 0 aromatic carbocycles. The van der Waals surface area contributed by atoms with Crippen molar-refractivity contribution in [3.05, 3.63) is 44.4 Å². The van der Waals surface area contributed by atoms with Crippen molar-refractivity contribution in [3.8, 4) is 22.2 Å². The summed E-state index contributed by atoms with van der Waals surface area (Å²) in [6.45, 7) is 20.4. The van der Waals surface area contributed by atoms with Gasteiger partial charge in [0, 0.05) is 0 Å². The SMILES string of the molecule is C/C=C/c1sccc1OCC.CC.CC.CC.CC(C)Oc1ccsc1-c1noc(=O)[nH]1.O=CO. The second-order valence-corrected chi connectivity index (χ2v) is 7.28. The molecule has 0 aliphatic heterocycles. The van der Waals surface area contributed by atoms with E-state index in [9.17, 15) is 4.79 Å². The quantitative estimate of drug-likeness (QED) is 0.312. The van der Waals surface area contributed by atoms with Gasteiger partial charge < -0.3 is 14.6 Å². The molecule has 3 aromatic rings. The predicted molar refractivity (Wildman–Crippen MR) is 149 cm³/mol. The lowest BCUT2D eigenvalue weighted by Crippen LogP contribution is -2.05. The number of rotatable bonds is 6. The van der Waals surface area contributed by atoms with Crippen LogP contribution in [0.4, 0.5) is 0 Å². The summed E-state index contributed by atoms with van der Waals surface area (Å²) in [4.78, 5) is 23.6. The summed E-state index contributed by atoms with van der Waals surface area (Å²) in [6, 6.07) is 3.84. The standard InChI is InChI=1S/C9H10N2O3S.C9H12OS.3C2H6.CH2O2/c1-5(2)13-6-3-4-15-7(6)8-10-9(12)14-11-8;1-3-5-9-8(10-4-2)6-7-11-9;3*1-2;2-1-3/h3-5H,1-2H3,(H,10,11,12);3,5-7H,4H2,1-2H3;3*1-2H3;1H,(H,2,3)/b;5-3+;;;;. The molecular weight excluding hydrogens is 488 g/mol. The fourth-order valence-electron chi connectivity index (χ4n) is 2.00. The summed E-state index contributed by atoms with van der Waals surface area (Å²) in [5, 5.41) is 14.4. The summed E-state index contributed by atoms with van der Waals surface area (Å²) in [5.41, 5.74) is 0. The van der Waals surface area contributed by atoms with Crippen LogP contribution in [0.3, 0.4) is 0 Å². The molecule has 0 saturated heterocycles. The largest absolute Gasteiger partial charge is 0.492 e. The molecule has 0 radical (unpaired) electrons. The van der Waals surface area contributed by atoms with Gasteiger partial charge in [0.15, 0.2) is 5.82 Å². The first-order chi connectivity index (χ1) is 17.0. The van der Waals surface area contributed by atoms with Crippen LogP contribution in [-0.4, -0.2) is 34.4 Å². The second-order valence-electron chi connectivity index (χ2n) is 5.41. The number of aromatic nitrogens is 2. The first-order valence-electron chi connectivity index (χ1n) is 11.7. The number of H-pyrrole nitrogens is 1. The third-order valence-corrected chi connectivity index (χ3v) is 4.69. The number of carbonyl (C=O) groups is 1. The highest BCUT2D eigenvalue weighted by molar-refractivity contribution is 7.13. The number of nitrogens with one attached hydrogen (secondary N) is 1. The Bertz CT molecular complexity index is 926. The lowest BCUT2D eigenvalue weighted by molar-refractivity contribution is -0.122. The van der Waals surface area contributed by atoms with E-state index in [0.29, 0.717) is 11.6 Å². The fourth-order valence-corrected chi connectivity index (χ4v) is 3.56.